The largest absolute Gasteiger partial charge is 0.407 e. The smallest absolute Gasteiger partial charge is 0.346 e. The maximum atomic E-state index is 11.9. The highest BCUT2D eigenvalue weighted by Crippen LogP contribution is 2.21. The number of hydrogen-bond donors (Lipinski definition) is 0. The summed E-state index contributed by atoms with van der Waals surface area (Å²) in [5, 5.41) is 0.540. The lowest BCUT2D eigenvalue weighted by molar-refractivity contribution is 0.463. The highest BCUT2D eigenvalue weighted by molar-refractivity contribution is 7.98. The summed E-state index contributed by atoms with van der Waals surface area (Å²) in [4.78, 5) is 17.5. The quantitative estimate of drug-likeness (QED) is 0.686. The third kappa shape index (κ3) is 2.75. The number of aromatic nitrogens is 1. The Hall–Kier alpha value is -2.07. The third-order valence-electron chi connectivity index (χ3n) is 2.93. The second-order valence-electron chi connectivity index (χ2n) is 4.52. The van der Waals surface area contributed by atoms with Gasteiger partial charge in [0.15, 0.2) is 0 Å². The Kier molecular flexibility index (Phi) is 3.56. The molecule has 0 bridgehead atoms. The second-order valence-corrected chi connectivity index (χ2v) is 5.57. The van der Waals surface area contributed by atoms with E-state index >= 15 is 0 Å². The minimum atomic E-state index is -0.317. The zero-order valence-corrected chi connectivity index (χ0v) is 11.8. The molecule has 0 aliphatic carbocycles. The summed E-state index contributed by atoms with van der Waals surface area (Å²) in [7, 11) is 0. The van der Waals surface area contributed by atoms with E-state index in [2.05, 4.69) is 4.98 Å². The van der Waals surface area contributed by atoms with Gasteiger partial charge < -0.3 is 4.42 Å². The van der Waals surface area contributed by atoms with Gasteiger partial charge in [0.2, 0.25) is 5.89 Å². The van der Waals surface area contributed by atoms with Crippen molar-refractivity contribution in [3.05, 3.63) is 70.4 Å². The molecule has 0 spiro atoms. The van der Waals surface area contributed by atoms with E-state index in [1.807, 2.05) is 55.5 Å². The van der Waals surface area contributed by atoms with Crippen molar-refractivity contribution in [3.8, 4) is 0 Å². The lowest BCUT2D eigenvalue weighted by atomic mass is 10.2. The SMILES string of the molecule is Cc1ccc2nc(CSc3ccccc3)oc(=O)c2c1. The molecular weight excluding hydrogens is 270 g/mol. The van der Waals surface area contributed by atoms with Gasteiger partial charge in [0.1, 0.15) is 0 Å². The summed E-state index contributed by atoms with van der Waals surface area (Å²) in [6.07, 6.45) is 0. The Bertz CT molecular complexity index is 796. The Balaban J connectivity index is 1.89. The number of benzene rings is 2. The summed E-state index contributed by atoms with van der Waals surface area (Å²) in [6, 6.07) is 15.6. The Morgan fingerprint density at radius 3 is 2.75 bits per heavy atom. The first-order valence-electron chi connectivity index (χ1n) is 6.30. The van der Waals surface area contributed by atoms with Gasteiger partial charge in [-0.15, -0.1) is 11.8 Å². The Labute approximate surface area is 120 Å². The molecule has 0 radical (unpaired) electrons. The van der Waals surface area contributed by atoms with Gasteiger partial charge in [-0.2, -0.15) is 0 Å². The number of nitrogens with zero attached hydrogens (tertiary/aromatic N) is 1. The minimum absolute atomic E-state index is 0.317. The predicted molar refractivity (Wildman–Crippen MR) is 81.0 cm³/mol. The molecule has 0 amide bonds. The van der Waals surface area contributed by atoms with Crippen LogP contribution < -0.4 is 5.63 Å². The van der Waals surface area contributed by atoms with E-state index in [9.17, 15) is 4.79 Å². The average molecular weight is 283 g/mol. The second kappa shape index (κ2) is 5.51. The number of aryl methyl sites for hydroxylation is 1. The third-order valence-corrected chi connectivity index (χ3v) is 3.93. The predicted octanol–water partition coefficient (Wildman–Crippen LogP) is 3.79. The van der Waals surface area contributed by atoms with Crippen molar-refractivity contribution in [2.75, 3.05) is 0 Å². The fourth-order valence-electron chi connectivity index (χ4n) is 1.95. The summed E-state index contributed by atoms with van der Waals surface area (Å²) in [6.45, 7) is 1.94. The van der Waals surface area contributed by atoms with Gasteiger partial charge in [0, 0.05) is 4.90 Å². The molecule has 0 aliphatic heterocycles. The van der Waals surface area contributed by atoms with E-state index in [0.717, 1.165) is 10.5 Å². The summed E-state index contributed by atoms with van der Waals surface area (Å²) < 4.78 is 5.28. The van der Waals surface area contributed by atoms with E-state index in [1.165, 1.54) is 0 Å². The fraction of sp³-hybridized carbons (Fsp3) is 0.125. The van der Waals surface area contributed by atoms with Gasteiger partial charge in [0.25, 0.3) is 0 Å². The maximum absolute atomic E-state index is 11.9. The monoisotopic (exact) mass is 283 g/mol. The standard InChI is InChI=1S/C16H13NO2S/c1-11-7-8-14-13(9-11)16(18)19-15(17-14)10-20-12-5-3-2-4-6-12/h2-9H,10H2,1H3. The summed E-state index contributed by atoms with van der Waals surface area (Å²) >= 11 is 1.60. The van der Waals surface area contributed by atoms with Crippen LogP contribution in [-0.2, 0) is 5.75 Å². The van der Waals surface area contributed by atoms with Crippen LogP contribution in [0.1, 0.15) is 11.5 Å². The Morgan fingerprint density at radius 1 is 1.15 bits per heavy atom. The van der Waals surface area contributed by atoms with Crippen LogP contribution in [0.25, 0.3) is 10.9 Å². The lowest BCUT2D eigenvalue weighted by Crippen LogP contribution is -2.04. The molecule has 0 atom stereocenters. The summed E-state index contributed by atoms with van der Waals surface area (Å²) in [5.41, 5.74) is 1.40. The minimum Gasteiger partial charge on any atom is -0.407 e. The molecule has 3 aromatic rings. The van der Waals surface area contributed by atoms with E-state index in [0.29, 0.717) is 22.5 Å². The molecule has 0 fully saturated rings. The molecular formula is C16H13NO2S. The first-order valence-corrected chi connectivity index (χ1v) is 7.29. The zero-order chi connectivity index (χ0) is 13.9. The molecule has 0 aliphatic rings. The molecule has 4 heteroatoms. The van der Waals surface area contributed by atoms with Gasteiger partial charge in [-0.05, 0) is 31.2 Å². The van der Waals surface area contributed by atoms with Gasteiger partial charge in [-0.1, -0.05) is 29.8 Å². The number of hydrogen-bond acceptors (Lipinski definition) is 4. The maximum Gasteiger partial charge on any atom is 0.346 e. The van der Waals surface area contributed by atoms with Crippen molar-refractivity contribution in [2.45, 2.75) is 17.6 Å². The van der Waals surface area contributed by atoms with Gasteiger partial charge >= 0.3 is 5.63 Å². The molecule has 0 saturated heterocycles. The molecule has 0 unspecified atom stereocenters. The van der Waals surface area contributed by atoms with Gasteiger partial charge in [-0.3, -0.25) is 0 Å². The number of thioether (sulfide) groups is 1. The molecule has 20 heavy (non-hydrogen) atoms. The van der Waals surface area contributed by atoms with Crippen LogP contribution in [-0.4, -0.2) is 4.98 Å². The van der Waals surface area contributed by atoms with Crippen molar-refractivity contribution in [2.24, 2.45) is 0 Å². The number of fused-ring (bicyclic) bond motifs is 1. The highest BCUT2D eigenvalue weighted by atomic mass is 32.2. The van der Waals surface area contributed by atoms with Gasteiger partial charge in [0.05, 0.1) is 16.7 Å². The molecule has 1 aromatic heterocycles. The highest BCUT2D eigenvalue weighted by Gasteiger charge is 2.07. The van der Waals surface area contributed by atoms with E-state index < -0.39 is 0 Å². The van der Waals surface area contributed by atoms with Crippen molar-refractivity contribution in [3.63, 3.8) is 0 Å². The van der Waals surface area contributed by atoms with Crippen molar-refractivity contribution in [1.82, 2.24) is 4.98 Å². The lowest BCUT2D eigenvalue weighted by Gasteiger charge is -2.02. The van der Waals surface area contributed by atoms with Crippen molar-refractivity contribution >= 4 is 22.7 Å². The first-order chi connectivity index (χ1) is 9.72. The van der Waals surface area contributed by atoms with Gasteiger partial charge in [-0.25, -0.2) is 9.78 Å². The topological polar surface area (TPSA) is 43.1 Å². The van der Waals surface area contributed by atoms with E-state index in [4.69, 9.17) is 4.42 Å². The molecule has 100 valence electrons. The van der Waals surface area contributed by atoms with Crippen LogP contribution in [0, 0.1) is 6.92 Å². The van der Waals surface area contributed by atoms with E-state index in [-0.39, 0.29) is 5.63 Å². The molecule has 0 N–H and O–H groups in total. The first kappa shape index (κ1) is 12.9. The van der Waals surface area contributed by atoms with Crippen LogP contribution in [0.2, 0.25) is 0 Å². The van der Waals surface area contributed by atoms with Crippen molar-refractivity contribution in [1.29, 1.82) is 0 Å². The Morgan fingerprint density at radius 2 is 1.95 bits per heavy atom. The molecule has 2 aromatic carbocycles. The zero-order valence-electron chi connectivity index (χ0n) is 11.0. The van der Waals surface area contributed by atoms with Crippen molar-refractivity contribution < 1.29 is 4.42 Å². The van der Waals surface area contributed by atoms with Crippen LogP contribution >= 0.6 is 11.8 Å². The molecule has 0 saturated carbocycles. The average Bonchev–Trinajstić information content (AvgIpc) is 2.47. The molecule has 3 rings (SSSR count). The summed E-state index contributed by atoms with van der Waals surface area (Å²) in [5.74, 6) is 1.00. The molecule has 3 nitrogen and oxygen atoms in total. The number of rotatable bonds is 3. The van der Waals surface area contributed by atoms with Crippen LogP contribution in [0.3, 0.4) is 0 Å². The normalized spacial score (nSPS) is 10.8. The van der Waals surface area contributed by atoms with Crippen LogP contribution in [0.4, 0.5) is 0 Å². The van der Waals surface area contributed by atoms with E-state index in [1.54, 1.807) is 11.8 Å². The molecule has 1 heterocycles. The van der Waals surface area contributed by atoms with Crippen LogP contribution in [0.5, 0.6) is 0 Å². The fourth-order valence-corrected chi connectivity index (χ4v) is 2.72. The van der Waals surface area contributed by atoms with Crippen LogP contribution in [0.15, 0.2) is 62.6 Å².